The molecule has 0 saturated heterocycles. The molecule has 0 radical (unpaired) electrons. The van der Waals surface area contributed by atoms with E-state index in [1.165, 1.54) is 12.1 Å². The van der Waals surface area contributed by atoms with Crippen LogP contribution < -0.4 is 10.6 Å². The van der Waals surface area contributed by atoms with Crippen LogP contribution >= 0.6 is 18.9 Å². The SMILES string of the molecule is CP(C)(=O)c1ccc(Nc2ncc(C(F)(F)F)c(Sc3cc(F)cc(C(F)(F)F)c3)n2)cc1. The Hall–Kier alpha value is -2.59. The van der Waals surface area contributed by atoms with Gasteiger partial charge in [-0.2, -0.15) is 26.3 Å². The molecule has 0 saturated carbocycles. The molecule has 3 aromatic rings. The van der Waals surface area contributed by atoms with Gasteiger partial charge in [0.05, 0.1) is 5.56 Å². The Morgan fingerprint density at radius 2 is 1.58 bits per heavy atom. The molecule has 2 aromatic carbocycles. The molecular weight excluding hydrogens is 494 g/mol. The predicted octanol–water partition coefficient (Wildman–Crippen LogP) is 6.80. The molecule has 4 nitrogen and oxygen atoms in total. The molecule has 0 fully saturated rings. The molecule has 0 unspecified atom stereocenters. The second-order valence-electron chi connectivity index (χ2n) is 7.21. The summed E-state index contributed by atoms with van der Waals surface area (Å²) in [6.07, 6.45) is -9.29. The van der Waals surface area contributed by atoms with Crippen LogP contribution in [0, 0.1) is 5.82 Å². The number of nitrogens with zero attached hydrogens (tertiary/aromatic N) is 2. The lowest BCUT2D eigenvalue weighted by Crippen LogP contribution is -2.11. The van der Waals surface area contributed by atoms with Crippen LogP contribution in [-0.4, -0.2) is 23.3 Å². The number of hydrogen-bond donors (Lipinski definition) is 1. The van der Waals surface area contributed by atoms with Crippen LogP contribution in [0.1, 0.15) is 11.1 Å². The van der Waals surface area contributed by atoms with E-state index in [-0.39, 0.29) is 23.8 Å². The summed E-state index contributed by atoms with van der Waals surface area (Å²) >= 11 is 0.228. The summed E-state index contributed by atoms with van der Waals surface area (Å²) in [7, 11) is -2.51. The lowest BCUT2D eigenvalue weighted by Gasteiger charge is -2.14. The maximum absolute atomic E-state index is 13.7. The first-order valence-corrected chi connectivity index (χ1v) is 12.5. The monoisotopic (exact) mass is 509 g/mol. The molecule has 0 atom stereocenters. The Labute approximate surface area is 188 Å². The molecule has 33 heavy (non-hydrogen) atoms. The summed E-state index contributed by atoms with van der Waals surface area (Å²) in [5.74, 6) is -1.51. The van der Waals surface area contributed by atoms with E-state index in [0.717, 1.165) is 0 Å². The van der Waals surface area contributed by atoms with Crippen molar-refractivity contribution in [1.82, 2.24) is 9.97 Å². The third-order valence-electron chi connectivity index (χ3n) is 4.22. The summed E-state index contributed by atoms with van der Waals surface area (Å²) in [5, 5.41) is 2.57. The number of anilines is 2. The minimum Gasteiger partial charge on any atom is -0.324 e. The van der Waals surface area contributed by atoms with Crippen LogP contribution in [0.5, 0.6) is 0 Å². The molecular formula is C20H15F7N3OPS. The fourth-order valence-corrected chi connectivity index (χ4v) is 4.49. The molecule has 0 spiro atoms. The fourth-order valence-electron chi connectivity index (χ4n) is 2.63. The highest BCUT2D eigenvalue weighted by Crippen LogP contribution is 2.41. The van der Waals surface area contributed by atoms with Crippen LogP contribution in [0.3, 0.4) is 0 Å². The minimum atomic E-state index is -4.90. The van der Waals surface area contributed by atoms with Gasteiger partial charge in [0.15, 0.2) is 0 Å². The Bertz CT molecular complexity index is 1210. The van der Waals surface area contributed by atoms with Crippen molar-refractivity contribution in [3.8, 4) is 0 Å². The van der Waals surface area contributed by atoms with Gasteiger partial charge in [0.1, 0.15) is 23.5 Å². The van der Waals surface area contributed by atoms with Crippen LogP contribution in [0.15, 0.2) is 58.6 Å². The molecule has 0 bridgehead atoms. The number of aromatic nitrogens is 2. The van der Waals surface area contributed by atoms with Crippen molar-refractivity contribution in [2.45, 2.75) is 22.3 Å². The summed E-state index contributed by atoms with van der Waals surface area (Å²) < 4.78 is 105. The van der Waals surface area contributed by atoms with Gasteiger partial charge < -0.3 is 9.88 Å². The first-order chi connectivity index (χ1) is 15.1. The Balaban J connectivity index is 1.96. The second kappa shape index (κ2) is 8.98. The molecule has 3 rings (SSSR count). The molecule has 1 aromatic heterocycles. The van der Waals surface area contributed by atoms with Gasteiger partial charge in [-0.1, -0.05) is 11.8 Å². The standard InChI is InChI=1S/C20H15F7N3OPS/c1-32(2,31)14-5-3-13(4-6-14)29-18-28-10-16(20(25,26)27)17(30-18)33-15-8-11(19(22,23)24)7-12(21)9-15/h3-10H,1-2H3,(H,28,29,30). The molecule has 0 amide bonds. The number of halogens is 7. The maximum atomic E-state index is 13.7. The number of hydrogen-bond acceptors (Lipinski definition) is 5. The summed E-state index contributed by atoms with van der Waals surface area (Å²) in [6.45, 7) is 3.16. The Morgan fingerprint density at radius 3 is 2.12 bits per heavy atom. The maximum Gasteiger partial charge on any atom is 0.420 e. The molecule has 0 aliphatic heterocycles. The minimum absolute atomic E-state index is 0.228. The third-order valence-corrected chi connectivity index (χ3v) is 6.74. The van der Waals surface area contributed by atoms with Gasteiger partial charge in [-0.05, 0) is 55.8 Å². The fraction of sp³-hybridized carbons (Fsp3) is 0.200. The highest BCUT2D eigenvalue weighted by Gasteiger charge is 2.36. The first-order valence-electron chi connectivity index (χ1n) is 9.05. The van der Waals surface area contributed by atoms with E-state index >= 15 is 0 Å². The Kier molecular flexibility index (Phi) is 6.82. The molecule has 0 aliphatic rings. The molecule has 1 heterocycles. The van der Waals surface area contributed by atoms with Crippen LogP contribution in [0.2, 0.25) is 0 Å². The van der Waals surface area contributed by atoms with Crippen molar-refractivity contribution in [1.29, 1.82) is 0 Å². The summed E-state index contributed by atoms with van der Waals surface area (Å²) in [6, 6.07) is 7.69. The van der Waals surface area contributed by atoms with Crippen LogP contribution in [-0.2, 0) is 16.9 Å². The van der Waals surface area contributed by atoms with Crippen molar-refractivity contribution in [2.24, 2.45) is 0 Å². The number of rotatable bonds is 5. The second-order valence-corrected chi connectivity index (χ2v) is 11.5. The van der Waals surface area contributed by atoms with Crippen molar-refractivity contribution < 1.29 is 35.3 Å². The highest BCUT2D eigenvalue weighted by molar-refractivity contribution is 7.99. The smallest absolute Gasteiger partial charge is 0.324 e. The van der Waals surface area contributed by atoms with E-state index in [4.69, 9.17) is 0 Å². The zero-order chi connectivity index (χ0) is 24.6. The van der Waals surface area contributed by atoms with E-state index in [1.54, 1.807) is 25.5 Å². The topological polar surface area (TPSA) is 54.9 Å². The van der Waals surface area contributed by atoms with E-state index in [0.29, 0.717) is 29.3 Å². The zero-order valence-electron chi connectivity index (χ0n) is 16.9. The molecule has 13 heteroatoms. The Morgan fingerprint density at radius 1 is 0.939 bits per heavy atom. The van der Waals surface area contributed by atoms with Gasteiger partial charge in [-0.15, -0.1) is 0 Å². The van der Waals surface area contributed by atoms with Crippen molar-refractivity contribution in [2.75, 3.05) is 18.6 Å². The van der Waals surface area contributed by atoms with Gasteiger partial charge in [-0.25, -0.2) is 14.4 Å². The van der Waals surface area contributed by atoms with E-state index < -0.39 is 46.4 Å². The van der Waals surface area contributed by atoms with Gasteiger partial charge in [0.25, 0.3) is 0 Å². The zero-order valence-corrected chi connectivity index (χ0v) is 18.6. The largest absolute Gasteiger partial charge is 0.420 e. The average Bonchev–Trinajstić information content (AvgIpc) is 2.66. The van der Waals surface area contributed by atoms with Gasteiger partial charge in [0, 0.05) is 22.1 Å². The summed E-state index contributed by atoms with van der Waals surface area (Å²) in [4.78, 5) is 7.00. The van der Waals surface area contributed by atoms with E-state index in [2.05, 4.69) is 15.3 Å². The van der Waals surface area contributed by atoms with Crippen molar-refractivity contribution in [3.05, 3.63) is 65.6 Å². The predicted molar refractivity (Wildman–Crippen MR) is 111 cm³/mol. The molecule has 0 aliphatic carbocycles. The third kappa shape index (κ3) is 6.48. The molecule has 1 N–H and O–H groups in total. The van der Waals surface area contributed by atoms with Gasteiger partial charge >= 0.3 is 12.4 Å². The quantitative estimate of drug-likeness (QED) is 0.233. The lowest BCUT2D eigenvalue weighted by molar-refractivity contribution is -0.140. The van der Waals surface area contributed by atoms with E-state index in [1.807, 2.05) is 0 Å². The normalized spacial score (nSPS) is 12.6. The van der Waals surface area contributed by atoms with Gasteiger partial charge in [0.2, 0.25) is 5.95 Å². The summed E-state index contributed by atoms with van der Waals surface area (Å²) in [5.41, 5.74) is -2.24. The molecule has 176 valence electrons. The van der Waals surface area contributed by atoms with Crippen LogP contribution in [0.4, 0.5) is 42.4 Å². The number of benzene rings is 2. The highest BCUT2D eigenvalue weighted by atomic mass is 32.2. The van der Waals surface area contributed by atoms with Crippen LogP contribution in [0.25, 0.3) is 0 Å². The number of nitrogens with one attached hydrogen (secondary N) is 1. The van der Waals surface area contributed by atoms with Crippen molar-refractivity contribution >= 4 is 35.8 Å². The van der Waals surface area contributed by atoms with E-state index in [9.17, 15) is 35.3 Å². The number of alkyl halides is 6. The van der Waals surface area contributed by atoms with Gasteiger partial charge in [-0.3, -0.25) is 0 Å². The lowest BCUT2D eigenvalue weighted by atomic mass is 10.2. The first kappa shape index (κ1) is 25.0. The average molecular weight is 509 g/mol. The van der Waals surface area contributed by atoms with Crippen molar-refractivity contribution in [3.63, 3.8) is 0 Å².